The molecule has 2 N–H and O–H groups in total. The molecule has 0 unspecified atom stereocenters. The molecule has 4 aromatic rings. The highest BCUT2D eigenvalue weighted by Crippen LogP contribution is 2.33. The van der Waals surface area contributed by atoms with Gasteiger partial charge in [0.2, 0.25) is 0 Å². The van der Waals surface area contributed by atoms with Gasteiger partial charge in [0.1, 0.15) is 16.6 Å². The van der Waals surface area contributed by atoms with Crippen molar-refractivity contribution in [3.05, 3.63) is 82.1 Å². The molecular formula is C25H22ClN3O3S. The van der Waals surface area contributed by atoms with Gasteiger partial charge in [-0.05, 0) is 17.2 Å². The van der Waals surface area contributed by atoms with Gasteiger partial charge in [0.15, 0.2) is 0 Å². The minimum atomic E-state index is -0.914. The fourth-order valence-corrected chi connectivity index (χ4v) is 5.68. The maximum Gasteiger partial charge on any atom is 0.321 e. The quantitative estimate of drug-likeness (QED) is 0.419. The van der Waals surface area contributed by atoms with Crippen LogP contribution in [0.4, 0.5) is 0 Å². The number of aliphatic carboxylic acids is 1. The van der Waals surface area contributed by atoms with Crippen LogP contribution in [-0.4, -0.2) is 49.7 Å². The summed E-state index contributed by atoms with van der Waals surface area (Å²) in [5.74, 6) is -0.914. The van der Waals surface area contributed by atoms with E-state index in [4.69, 9.17) is 16.6 Å². The number of carbonyl (C=O) groups is 1. The number of aliphatic hydroxyl groups excluding tert-OH is 1. The van der Waals surface area contributed by atoms with Crippen molar-refractivity contribution in [3.8, 4) is 11.1 Å². The first-order valence-electron chi connectivity index (χ1n) is 10.7. The van der Waals surface area contributed by atoms with E-state index >= 15 is 0 Å². The summed E-state index contributed by atoms with van der Waals surface area (Å²) >= 11 is 8.32. The molecule has 3 heterocycles. The van der Waals surface area contributed by atoms with Gasteiger partial charge in [-0.2, -0.15) is 0 Å². The van der Waals surface area contributed by atoms with Gasteiger partial charge < -0.3 is 10.2 Å². The number of hydrogen-bond donors (Lipinski definition) is 2. The Morgan fingerprint density at radius 3 is 2.76 bits per heavy atom. The summed E-state index contributed by atoms with van der Waals surface area (Å²) in [5.41, 5.74) is 4.66. The summed E-state index contributed by atoms with van der Waals surface area (Å²) in [5, 5.41) is 20.9. The normalized spacial score (nSPS) is 18.7. The van der Waals surface area contributed by atoms with Crippen molar-refractivity contribution >= 4 is 39.1 Å². The first-order chi connectivity index (χ1) is 16.0. The van der Waals surface area contributed by atoms with Crippen molar-refractivity contribution in [2.24, 2.45) is 0 Å². The monoisotopic (exact) mass is 479 g/mol. The first kappa shape index (κ1) is 22.0. The largest absolute Gasteiger partial charge is 0.480 e. The van der Waals surface area contributed by atoms with Crippen molar-refractivity contribution in [1.82, 2.24) is 14.9 Å². The number of β-amino-alcohol motifs (C(OH)–C–C–N with tert-alkyl or cyclic N) is 1. The zero-order valence-electron chi connectivity index (χ0n) is 17.7. The number of pyridine rings is 1. The fourth-order valence-electron chi connectivity index (χ4n) is 4.37. The van der Waals surface area contributed by atoms with Crippen molar-refractivity contribution in [3.63, 3.8) is 0 Å². The van der Waals surface area contributed by atoms with Crippen LogP contribution >= 0.6 is 22.9 Å². The molecule has 0 amide bonds. The van der Waals surface area contributed by atoms with E-state index in [-0.39, 0.29) is 6.42 Å². The molecule has 2 atom stereocenters. The number of thiazole rings is 1. The molecule has 0 radical (unpaired) electrons. The number of carboxylic acid groups (broad SMARTS) is 1. The topological polar surface area (TPSA) is 86.5 Å². The zero-order chi connectivity index (χ0) is 22.9. The number of rotatable bonds is 6. The molecule has 1 fully saturated rings. The predicted molar refractivity (Wildman–Crippen MR) is 130 cm³/mol. The highest BCUT2D eigenvalue weighted by atomic mass is 35.5. The standard InChI is InChI=1S/C25H22ClN3O3S/c26-23-16(7-4-8-18(23)15-5-2-1-3-6-15)11-19-24-21(9-10-27-19)33-22(28-24)14-29-13-17(30)12-20(29)25(31)32/h1-10,17,20,30H,11-14H2,(H,31,32)/t17-,20-/m0/s1. The molecule has 168 valence electrons. The van der Waals surface area contributed by atoms with Crippen LogP contribution in [0.3, 0.4) is 0 Å². The van der Waals surface area contributed by atoms with Gasteiger partial charge in [0, 0.05) is 31.1 Å². The lowest BCUT2D eigenvalue weighted by Gasteiger charge is -2.18. The zero-order valence-corrected chi connectivity index (χ0v) is 19.3. The first-order valence-corrected chi connectivity index (χ1v) is 11.9. The number of halogens is 1. The van der Waals surface area contributed by atoms with Gasteiger partial charge in [-0.1, -0.05) is 60.1 Å². The van der Waals surface area contributed by atoms with E-state index in [0.717, 1.165) is 37.6 Å². The number of fused-ring (bicyclic) bond motifs is 1. The van der Waals surface area contributed by atoms with Crippen molar-refractivity contribution in [2.75, 3.05) is 6.54 Å². The van der Waals surface area contributed by atoms with Gasteiger partial charge in [0.25, 0.3) is 0 Å². The molecule has 6 nitrogen and oxygen atoms in total. The number of nitrogens with zero attached hydrogens (tertiary/aromatic N) is 3. The van der Waals surface area contributed by atoms with Crippen LogP contribution in [0.1, 0.15) is 22.7 Å². The average Bonchev–Trinajstić information content (AvgIpc) is 3.39. The van der Waals surface area contributed by atoms with Gasteiger partial charge in [0.05, 0.1) is 28.1 Å². The summed E-state index contributed by atoms with van der Waals surface area (Å²) in [6.45, 7) is 0.719. The van der Waals surface area contributed by atoms with E-state index in [1.165, 1.54) is 11.3 Å². The number of carboxylic acids is 1. The highest BCUT2D eigenvalue weighted by molar-refractivity contribution is 7.18. The Morgan fingerprint density at radius 1 is 1.15 bits per heavy atom. The molecule has 5 rings (SSSR count). The molecule has 1 aliphatic rings. The molecule has 2 aromatic carbocycles. The van der Waals surface area contributed by atoms with Crippen LogP contribution in [-0.2, 0) is 17.8 Å². The van der Waals surface area contributed by atoms with E-state index in [0.29, 0.717) is 24.5 Å². The molecule has 8 heteroatoms. The molecule has 0 bridgehead atoms. The second kappa shape index (κ2) is 9.19. The SMILES string of the molecule is O=C(O)[C@@H]1C[C@H](O)CN1Cc1nc2c(Cc3cccc(-c4ccccc4)c3Cl)nccc2s1. The third-order valence-electron chi connectivity index (χ3n) is 5.95. The Hall–Kier alpha value is -2.84. The Balaban J connectivity index is 1.44. The predicted octanol–water partition coefficient (Wildman–Crippen LogP) is 4.62. The van der Waals surface area contributed by atoms with E-state index < -0.39 is 18.1 Å². The van der Waals surface area contributed by atoms with Crippen LogP contribution in [0.2, 0.25) is 5.02 Å². The minimum absolute atomic E-state index is 0.239. The molecule has 1 saturated heterocycles. The third kappa shape index (κ3) is 4.50. The van der Waals surface area contributed by atoms with E-state index in [1.807, 2.05) is 54.6 Å². The van der Waals surface area contributed by atoms with E-state index in [2.05, 4.69) is 4.98 Å². The summed E-state index contributed by atoms with van der Waals surface area (Å²) in [7, 11) is 0. The second-order valence-corrected chi connectivity index (χ2v) is 9.70. The molecule has 2 aromatic heterocycles. The Labute approximate surface area is 200 Å². The van der Waals surface area contributed by atoms with Crippen LogP contribution < -0.4 is 0 Å². The molecular weight excluding hydrogens is 458 g/mol. The summed E-state index contributed by atoms with van der Waals surface area (Å²) in [6.07, 6.45) is 1.93. The van der Waals surface area contributed by atoms with Crippen LogP contribution in [0, 0.1) is 0 Å². The Kier molecular flexibility index (Phi) is 6.12. The van der Waals surface area contributed by atoms with Crippen molar-refractivity contribution < 1.29 is 15.0 Å². The van der Waals surface area contributed by atoms with Gasteiger partial charge in [-0.3, -0.25) is 14.7 Å². The van der Waals surface area contributed by atoms with Gasteiger partial charge in [-0.25, -0.2) is 4.98 Å². The maximum atomic E-state index is 11.5. The Bertz CT molecular complexity index is 1310. The summed E-state index contributed by atoms with van der Waals surface area (Å²) in [6, 6.07) is 17.3. The lowest BCUT2D eigenvalue weighted by atomic mass is 10.0. The fraction of sp³-hybridized carbons (Fsp3) is 0.240. The van der Waals surface area contributed by atoms with E-state index in [1.54, 1.807) is 11.1 Å². The highest BCUT2D eigenvalue weighted by Gasteiger charge is 2.36. The lowest BCUT2D eigenvalue weighted by molar-refractivity contribution is -0.142. The van der Waals surface area contributed by atoms with Gasteiger partial charge >= 0.3 is 5.97 Å². The number of aromatic nitrogens is 2. The average molecular weight is 480 g/mol. The van der Waals surface area contributed by atoms with E-state index in [9.17, 15) is 15.0 Å². The van der Waals surface area contributed by atoms with Crippen LogP contribution in [0.25, 0.3) is 21.3 Å². The maximum absolute atomic E-state index is 11.5. The number of benzene rings is 2. The minimum Gasteiger partial charge on any atom is -0.480 e. The summed E-state index contributed by atoms with van der Waals surface area (Å²) in [4.78, 5) is 22.7. The third-order valence-corrected chi connectivity index (χ3v) is 7.41. The molecule has 0 saturated carbocycles. The van der Waals surface area contributed by atoms with Crippen LogP contribution in [0.15, 0.2) is 60.8 Å². The molecule has 1 aliphatic heterocycles. The molecule has 33 heavy (non-hydrogen) atoms. The second-order valence-electron chi connectivity index (χ2n) is 8.21. The summed E-state index contributed by atoms with van der Waals surface area (Å²) < 4.78 is 0.997. The lowest BCUT2D eigenvalue weighted by Crippen LogP contribution is -2.35. The number of hydrogen-bond acceptors (Lipinski definition) is 6. The molecule has 0 spiro atoms. The number of aliphatic hydroxyl groups is 1. The molecule has 0 aliphatic carbocycles. The van der Waals surface area contributed by atoms with Crippen molar-refractivity contribution in [2.45, 2.75) is 31.5 Å². The smallest absolute Gasteiger partial charge is 0.321 e. The van der Waals surface area contributed by atoms with Crippen molar-refractivity contribution in [1.29, 1.82) is 0 Å². The number of likely N-dealkylation sites (tertiary alicyclic amines) is 1. The van der Waals surface area contributed by atoms with Crippen LogP contribution in [0.5, 0.6) is 0 Å². The Morgan fingerprint density at radius 2 is 1.97 bits per heavy atom. The van der Waals surface area contributed by atoms with Gasteiger partial charge in [-0.15, -0.1) is 11.3 Å².